The molecule has 0 unspecified atom stereocenters. The van der Waals surface area contributed by atoms with Crippen LogP contribution in [0.3, 0.4) is 0 Å². The average molecular weight is 629 g/mol. The molecule has 228 valence electrons. The molecule has 9 heteroatoms. The first-order valence-corrected chi connectivity index (χ1v) is 15.8. The Morgan fingerprint density at radius 1 is 0.909 bits per heavy atom. The Morgan fingerprint density at radius 2 is 1.59 bits per heavy atom. The molecule has 44 heavy (non-hydrogen) atoms. The summed E-state index contributed by atoms with van der Waals surface area (Å²) in [6.45, 7) is 3.46. The Bertz CT molecular complexity index is 1830. The third-order valence-electron chi connectivity index (χ3n) is 7.54. The Morgan fingerprint density at radius 3 is 2.25 bits per heavy atom. The number of fused-ring (bicyclic) bond motifs is 1. The number of methoxy groups -OCH3 is 2. The summed E-state index contributed by atoms with van der Waals surface area (Å²) in [5, 5.41) is 0.524. The van der Waals surface area contributed by atoms with Crippen LogP contribution in [0.1, 0.15) is 39.5 Å². The van der Waals surface area contributed by atoms with Gasteiger partial charge in [0.25, 0.3) is 0 Å². The van der Waals surface area contributed by atoms with Crippen LogP contribution in [-0.4, -0.2) is 43.3 Å². The molecule has 5 aromatic rings. The van der Waals surface area contributed by atoms with Crippen LogP contribution >= 0.6 is 24.0 Å². The normalized spacial score (nSPS) is 11.2. The lowest BCUT2D eigenvalue weighted by molar-refractivity contribution is 0.0524. The monoisotopic (exact) mass is 628 g/mol. The van der Waals surface area contributed by atoms with Crippen molar-refractivity contribution in [3.63, 3.8) is 0 Å². The zero-order valence-corrected chi connectivity index (χ0v) is 27.0. The number of pyridine rings is 1. The summed E-state index contributed by atoms with van der Waals surface area (Å²) in [7, 11) is 5.31. The molecule has 0 radical (unpaired) electrons. The number of carbonyl (C=O) groups is 1. The van der Waals surface area contributed by atoms with Crippen molar-refractivity contribution in [2.75, 3.05) is 27.9 Å². The summed E-state index contributed by atoms with van der Waals surface area (Å²) >= 11 is 6.07. The van der Waals surface area contributed by atoms with Crippen LogP contribution in [0.2, 0.25) is 0 Å². The van der Waals surface area contributed by atoms with Crippen molar-refractivity contribution in [2.45, 2.75) is 32.3 Å². The van der Waals surface area contributed by atoms with E-state index in [9.17, 15) is 9.59 Å². The van der Waals surface area contributed by atoms with E-state index in [1.807, 2.05) is 72.3 Å². The first-order valence-electron chi connectivity index (χ1n) is 14.4. The number of hydrogen-bond donors (Lipinski definition) is 1. The summed E-state index contributed by atoms with van der Waals surface area (Å²) in [6.07, 6.45) is 1.62. The summed E-state index contributed by atoms with van der Waals surface area (Å²) in [5.74, 6) is 1.48. The fourth-order valence-electron chi connectivity index (χ4n) is 5.39. The Labute approximate surface area is 267 Å². The molecule has 3 aromatic carbocycles. The van der Waals surface area contributed by atoms with Crippen molar-refractivity contribution in [3.8, 4) is 21.9 Å². The van der Waals surface area contributed by atoms with Crippen LogP contribution in [0.25, 0.3) is 20.7 Å². The quantitative estimate of drug-likeness (QED) is 0.118. The van der Waals surface area contributed by atoms with Gasteiger partial charge >= 0.3 is 5.97 Å². The van der Waals surface area contributed by atoms with Gasteiger partial charge in [-0.2, -0.15) is 12.6 Å². The molecule has 0 aliphatic carbocycles. The predicted octanol–water partition coefficient (Wildman–Crippen LogP) is 7.03. The van der Waals surface area contributed by atoms with E-state index in [4.69, 9.17) is 14.2 Å². The van der Waals surface area contributed by atoms with Crippen molar-refractivity contribution in [1.82, 2.24) is 9.47 Å². The molecule has 5 rings (SSSR count). The lowest BCUT2D eigenvalue weighted by Crippen LogP contribution is -2.23. The molecule has 0 amide bonds. The number of hydrogen-bond acceptors (Lipinski definition) is 8. The van der Waals surface area contributed by atoms with Gasteiger partial charge in [-0.1, -0.05) is 42.5 Å². The van der Waals surface area contributed by atoms with Crippen molar-refractivity contribution >= 4 is 40.2 Å². The number of rotatable bonds is 12. The molecule has 0 N–H and O–H groups in total. The second kappa shape index (κ2) is 14.2. The van der Waals surface area contributed by atoms with Gasteiger partial charge in [0.05, 0.1) is 32.8 Å². The summed E-state index contributed by atoms with van der Waals surface area (Å²) < 4.78 is 18.4. The van der Waals surface area contributed by atoms with E-state index < -0.39 is 5.97 Å². The lowest BCUT2D eigenvalue weighted by Gasteiger charge is -2.19. The number of aromatic nitrogens is 1. The highest BCUT2D eigenvalue weighted by molar-refractivity contribution is 7.79. The number of esters is 1. The molecule has 0 bridgehead atoms. The van der Waals surface area contributed by atoms with Crippen LogP contribution in [0.4, 0.5) is 0 Å². The summed E-state index contributed by atoms with van der Waals surface area (Å²) in [4.78, 5) is 31.3. The molecule has 7 nitrogen and oxygen atoms in total. The van der Waals surface area contributed by atoms with Gasteiger partial charge in [0.15, 0.2) is 0 Å². The molecule has 0 saturated heterocycles. The van der Waals surface area contributed by atoms with Gasteiger partial charge in [-0.3, -0.25) is 9.69 Å². The van der Waals surface area contributed by atoms with Gasteiger partial charge in [-0.25, -0.2) is 4.79 Å². The third-order valence-corrected chi connectivity index (χ3v) is 9.20. The number of para-hydroxylation sites is 1. The van der Waals surface area contributed by atoms with E-state index in [1.165, 1.54) is 5.56 Å². The summed E-state index contributed by atoms with van der Waals surface area (Å²) in [5.41, 5.74) is 4.78. The number of ether oxygens (including phenoxy) is 3. The summed E-state index contributed by atoms with van der Waals surface area (Å²) in [6, 6.07) is 23.8. The van der Waals surface area contributed by atoms with E-state index in [2.05, 4.69) is 29.7 Å². The second-order valence-corrected chi connectivity index (χ2v) is 11.8. The fourth-order valence-corrected chi connectivity index (χ4v) is 6.99. The molecule has 2 heterocycles. The minimum Gasteiger partial charge on any atom is -0.497 e. The largest absolute Gasteiger partial charge is 0.497 e. The van der Waals surface area contributed by atoms with Crippen LogP contribution in [-0.2, 0) is 30.1 Å². The number of thiol groups is 1. The van der Waals surface area contributed by atoms with Crippen LogP contribution in [0.15, 0.2) is 83.8 Å². The highest BCUT2D eigenvalue weighted by Crippen LogP contribution is 2.39. The first kappa shape index (κ1) is 31.4. The van der Waals surface area contributed by atoms with Crippen molar-refractivity contribution in [2.24, 2.45) is 0 Å². The highest BCUT2D eigenvalue weighted by Gasteiger charge is 2.25. The molecule has 0 spiro atoms. The smallest absolute Gasteiger partial charge is 0.343 e. The maximum Gasteiger partial charge on any atom is 0.343 e. The Kier molecular flexibility index (Phi) is 10.1. The Balaban J connectivity index is 1.72. The molecule has 0 aliphatic rings. The van der Waals surface area contributed by atoms with Crippen molar-refractivity contribution in [1.29, 1.82) is 0 Å². The van der Waals surface area contributed by atoms with Gasteiger partial charge in [0.2, 0.25) is 5.43 Å². The zero-order chi connectivity index (χ0) is 31.2. The Hall–Kier alpha value is -4.05. The SMILES string of the molecule is CCOC(=O)c1cn(Cc2ccccc2OC)c2sc(-c3ccc(OC)cc3)c(CN(C)Cc3ccccc3CS)c2c1=O. The lowest BCUT2D eigenvalue weighted by atomic mass is 10.0. The third kappa shape index (κ3) is 6.55. The minimum absolute atomic E-state index is 0.0117. The van der Waals surface area contributed by atoms with Crippen molar-refractivity contribution in [3.05, 3.63) is 117 Å². The number of thiophene rings is 1. The average Bonchev–Trinajstić information content (AvgIpc) is 3.42. The topological polar surface area (TPSA) is 70.0 Å². The zero-order valence-electron chi connectivity index (χ0n) is 25.3. The van der Waals surface area contributed by atoms with Crippen LogP contribution in [0, 0.1) is 0 Å². The van der Waals surface area contributed by atoms with Gasteiger partial charge in [-0.05, 0) is 66.6 Å². The molecule has 0 fully saturated rings. The number of carbonyl (C=O) groups excluding carboxylic acids is 1. The van der Waals surface area contributed by atoms with Crippen LogP contribution in [0.5, 0.6) is 11.5 Å². The minimum atomic E-state index is -0.632. The standard InChI is InChI=1S/C35H36N2O5S2/c1-5-42-35(39)29-21-37(19-25-11-8-9-13-30(25)41-4)34-31(32(29)38)28(33(44-34)23-14-16-27(40-3)17-15-23)20-36(2)18-24-10-6-7-12-26(24)22-43/h6-17,21,43H,5,18-20,22H2,1-4H3. The first-order chi connectivity index (χ1) is 21.4. The fraction of sp³-hybridized carbons (Fsp3) is 0.257. The maximum absolute atomic E-state index is 14.2. The van der Waals surface area contributed by atoms with E-state index in [0.29, 0.717) is 30.8 Å². The van der Waals surface area contributed by atoms with E-state index in [1.54, 1.807) is 38.7 Å². The highest BCUT2D eigenvalue weighted by atomic mass is 32.1. The molecule has 0 atom stereocenters. The van der Waals surface area contributed by atoms with Gasteiger partial charge < -0.3 is 18.8 Å². The van der Waals surface area contributed by atoms with E-state index >= 15 is 0 Å². The van der Waals surface area contributed by atoms with Crippen LogP contribution < -0.4 is 14.9 Å². The number of benzene rings is 3. The molecule has 0 aliphatic heterocycles. The van der Waals surface area contributed by atoms with Gasteiger partial charge in [-0.15, -0.1) is 11.3 Å². The molecular weight excluding hydrogens is 593 g/mol. The van der Waals surface area contributed by atoms with Crippen molar-refractivity contribution < 1.29 is 19.0 Å². The van der Waals surface area contributed by atoms with E-state index in [-0.39, 0.29) is 17.6 Å². The maximum atomic E-state index is 14.2. The molecular formula is C35H36N2O5S2. The molecule has 0 saturated carbocycles. The van der Waals surface area contributed by atoms with Gasteiger partial charge in [0.1, 0.15) is 21.9 Å². The molecule has 2 aromatic heterocycles. The van der Waals surface area contributed by atoms with Gasteiger partial charge in [0, 0.05) is 35.5 Å². The number of nitrogens with zero attached hydrogens (tertiary/aromatic N) is 2. The van der Waals surface area contributed by atoms with E-state index in [0.717, 1.165) is 43.5 Å². The predicted molar refractivity (Wildman–Crippen MR) is 180 cm³/mol. The second-order valence-electron chi connectivity index (χ2n) is 10.4.